The maximum atomic E-state index is 13.5. The van der Waals surface area contributed by atoms with Crippen molar-refractivity contribution < 1.29 is 18.7 Å². The molecular formula is C24H26FN3O3S. The van der Waals surface area contributed by atoms with Gasteiger partial charge in [0.25, 0.3) is 11.8 Å². The van der Waals surface area contributed by atoms with Crippen molar-refractivity contribution in [1.82, 2.24) is 10.3 Å². The molecule has 0 atom stereocenters. The number of amides is 2. The summed E-state index contributed by atoms with van der Waals surface area (Å²) in [6.45, 7) is 2.81. The fourth-order valence-electron chi connectivity index (χ4n) is 4.04. The molecule has 0 bridgehead atoms. The summed E-state index contributed by atoms with van der Waals surface area (Å²) in [6, 6.07) is 6.02. The van der Waals surface area contributed by atoms with Gasteiger partial charge < -0.3 is 15.4 Å². The summed E-state index contributed by atoms with van der Waals surface area (Å²) < 4.78 is 18.6. The molecule has 1 aliphatic carbocycles. The van der Waals surface area contributed by atoms with Gasteiger partial charge in [-0.05, 0) is 62.8 Å². The van der Waals surface area contributed by atoms with Gasteiger partial charge in [-0.1, -0.05) is 0 Å². The van der Waals surface area contributed by atoms with Gasteiger partial charge in [-0.15, -0.1) is 11.3 Å². The van der Waals surface area contributed by atoms with E-state index < -0.39 is 0 Å². The van der Waals surface area contributed by atoms with Crippen molar-refractivity contribution in [2.75, 3.05) is 25.6 Å². The van der Waals surface area contributed by atoms with E-state index in [1.54, 1.807) is 26.2 Å². The molecule has 168 valence electrons. The molecule has 6 nitrogen and oxygen atoms in total. The summed E-state index contributed by atoms with van der Waals surface area (Å²) in [5, 5.41) is 7.17. The minimum absolute atomic E-state index is 0.167. The molecule has 0 fully saturated rings. The van der Waals surface area contributed by atoms with E-state index in [0.717, 1.165) is 42.5 Å². The van der Waals surface area contributed by atoms with Gasteiger partial charge in [-0.25, -0.2) is 4.39 Å². The number of aryl methyl sites for hydroxylation is 2. The molecule has 0 unspecified atom stereocenters. The van der Waals surface area contributed by atoms with Crippen LogP contribution in [0.15, 0.2) is 24.3 Å². The monoisotopic (exact) mass is 455 g/mol. The summed E-state index contributed by atoms with van der Waals surface area (Å²) >= 11 is 1.48. The number of halogens is 1. The molecule has 0 radical (unpaired) electrons. The molecule has 3 aromatic rings. The Labute approximate surface area is 190 Å². The van der Waals surface area contributed by atoms with Crippen LogP contribution in [0.4, 0.5) is 9.39 Å². The van der Waals surface area contributed by atoms with Gasteiger partial charge in [0, 0.05) is 36.6 Å². The lowest BCUT2D eigenvalue weighted by atomic mass is 9.95. The molecule has 8 heteroatoms. The van der Waals surface area contributed by atoms with Gasteiger partial charge in [-0.2, -0.15) is 0 Å². The number of carbonyl (C=O) groups excluding carboxylic acids is 2. The summed E-state index contributed by atoms with van der Waals surface area (Å²) in [6.07, 6.45) is 4.59. The third-order valence-corrected chi connectivity index (χ3v) is 6.86. The largest absolute Gasteiger partial charge is 0.385 e. The number of nitrogens with zero attached hydrogens (tertiary/aromatic N) is 1. The topological polar surface area (TPSA) is 80.3 Å². The van der Waals surface area contributed by atoms with Crippen LogP contribution < -0.4 is 10.6 Å². The third-order valence-electron chi connectivity index (χ3n) is 5.65. The maximum Gasteiger partial charge on any atom is 0.258 e. The first-order valence-electron chi connectivity index (χ1n) is 10.8. The van der Waals surface area contributed by atoms with E-state index in [2.05, 4.69) is 15.6 Å². The molecule has 2 aromatic heterocycles. The average Bonchev–Trinajstić information content (AvgIpc) is 3.13. The van der Waals surface area contributed by atoms with Gasteiger partial charge in [0.15, 0.2) is 0 Å². The van der Waals surface area contributed by atoms with Crippen LogP contribution in [0.1, 0.15) is 56.1 Å². The quantitative estimate of drug-likeness (QED) is 0.509. The number of pyridine rings is 1. The molecule has 4 rings (SSSR count). The molecular weight excluding hydrogens is 429 g/mol. The zero-order chi connectivity index (χ0) is 22.7. The number of methoxy groups -OCH3 is 1. The first kappa shape index (κ1) is 22.4. The second-order valence-corrected chi connectivity index (χ2v) is 9.03. The summed E-state index contributed by atoms with van der Waals surface area (Å²) in [5.74, 6) is -0.861. The molecule has 2 N–H and O–H groups in total. The van der Waals surface area contributed by atoms with Crippen LogP contribution in [0.3, 0.4) is 0 Å². The second kappa shape index (κ2) is 9.75. The normalized spacial score (nSPS) is 13.1. The smallest absolute Gasteiger partial charge is 0.258 e. The van der Waals surface area contributed by atoms with Crippen LogP contribution >= 0.6 is 11.3 Å². The molecule has 1 aliphatic rings. The number of benzene rings is 1. The lowest BCUT2D eigenvalue weighted by Gasteiger charge is -2.13. The van der Waals surface area contributed by atoms with Crippen LogP contribution in [-0.4, -0.2) is 37.1 Å². The Bertz CT molecular complexity index is 1170. The van der Waals surface area contributed by atoms with Crippen molar-refractivity contribution in [3.8, 4) is 0 Å². The summed E-state index contributed by atoms with van der Waals surface area (Å²) in [5.41, 5.74) is 3.03. The standard InChI is InChI=1S/C24H26FN3O3S/c1-14-18(12-15-8-9-16(25)13-19(15)27-14)22(29)28-24-21(23(30)26-10-5-11-31-2)17-6-3-4-7-20(17)32-24/h8-9,12-13H,3-7,10-11H2,1-2H3,(H,26,30)(H,28,29). The number of carbonyl (C=O) groups is 2. The van der Waals surface area contributed by atoms with E-state index in [0.29, 0.717) is 45.9 Å². The zero-order valence-corrected chi connectivity index (χ0v) is 19.0. The van der Waals surface area contributed by atoms with E-state index in [4.69, 9.17) is 4.74 Å². The van der Waals surface area contributed by atoms with E-state index in [9.17, 15) is 14.0 Å². The fraction of sp³-hybridized carbons (Fsp3) is 0.375. The van der Waals surface area contributed by atoms with Gasteiger partial charge >= 0.3 is 0 Å². The van der Waals surface area contributed by atoms with Crippen molar-refractivity contribution in [1.29, 1.82) is 0 Å². The number of aromatic nitrogens is 1. The molecule has 1 aromatic carbocycles. The Morgan fingerprint density at radius 1 is 1.19 bits per heavy atom. The number of thiophene rings is 1. The Morgan fingerprint density at radius 3 is 2.81 bits per heavy atom. The third kappa shape index (κ3) is 4.66. The van der Waals surface area contributed by atoms with E-state index in [1.165, 1.54) is 23.5 Å². The number of hydrogen-bond acceptors (Lipinski definition) is 5. The van der Waals surface area contributed by atoms with Crippen molar-refractivity contribution in [3.05, 3.63) is 57.3 Å². The van der Waals surface area contributed by atoms with Crippen LogP contribution in [0, 0.1) is 12.7 Å². The predicted molar refractivity (Wildman–Crippen MR) is 124 cm³/mol. The highest BCUT2D eigenvalue weighted by Gasteiger charge is 2.27. The highest BCUT2D eigenvalue weighted by Crippen LogP contribution is 2.38. The van der Waals surface area contributed by atoms with Gasteiger partial charge in [0.05, 0.1) is 22.3 Å². The lowest BCUT2D eigenvalue weighted by Crippen LogP contribution is -2.27. The minimum atomic E-state index is -0.369. The highest BCUT2D eigenvalue weighted by molar-refractivity contribution is 7.17. The van der Waals surface area contributed by atoms with Crippen LogP contribution in [-0.2, 0) is 17.6 Å². The number of nitrogens with one attached hydrogen (secondary N) is 2. The summed E-state index contributed by atoms with van der Waals surface area (Å²) in [4.78, 5) is 31.7. The van der Waals surface area contributed by atoms with E-state index >= 15 is 0 Å². The Morgan fingerprint density at radius 2 is 2.00 bits per heavy atom. The second-order valence-electron chi connectivity index (χ2n) is 7.93. The van der Waals surface area contributed by atoms with E-state index in [-0.39, 0.29) is 17.6 Å². The van der Waals surface area contributed by atoms with Gasteiger partial charge in [0.1, 0.15) is 10.8 Å². The molecule has 2 heterocycles. The van der Waals surface area contributed by atoms with Crippen LogP contribution in [0.2, 0.25) is 0 Å². The summed E-state index contributed by atoms with van der Waals surface area (Å²) in [7, 11) is 1.63. The molecule has 2 amide bonds. The molecule has 32 heavy (non-hydrogen) atoms. The Hall–Kier alpha value is -2.84. The van der Waals surface area contributed by atoms with Crippen molar-refractivity contribution in [2.45, 2.75) is 39.0 Å². The van der Waals surface area contributed by atoms with Crippen molar-refractivity contribution in [3.63, 3.8) is 0 Å². The average molecular weight is 456 g/mol. The molecule has 0 aliphatic heterocycles. The number of anilines is 1. The van der Waals surface area contributed by atoms with Crippen LogP contribution in [0.5, 0.6) is 0 Å². The van der Waals surface area contributed by atoms with Crippen molar-refractivity contribution >= 4 is 39.1 Å². The molecule has 0 saturated carbocycles. The minimum Gasteiger partial charge on any atom is -0.385 e. The van der Waals surface area contributed by atoms with Crippen molar-refractivity contribution in [2.24, 2.45) is 0 Å². The van der Waals surface area contributed by atoms with Gasteiger partial charge in [-0.3, -0.25) is 14.6 Å². The van der Waals surface area contributed by atoms with Gasteiger partial charge in [0.2, 0.25) is 0 Å². The van der Waals surface area contributed by atoms with Crippen LogP contribution in [0.25, 0.3) is 10.9 Å². The zero-order valence-electron chi connectivity index (χ0n) is 18.2. The number of hydrogen-bond donors (Lipinski definition) is 2. The first-order chi connectivity index (χ1) is 15.5. The number of ether oxygens (including phenoxy) is 1. The fourth-order valence-corrected chi connectivity index (χ4v) is 5.32. The number of fused-ring (bicyclic) bond motifs is 2. The highest BCUT2D eigenvalue weighted by atomic mass is 32.1. The van der Waals surface area contributed by atoms with E-state index in [1.807, 2.05) is 0 Å². The predicted octanol–water partition coefficient (Wildman–Crippen LogP) is 4.64. The first-order valence-corrected chi connectivity index (χ1v) is 11.6. The molecule has 0 saturated heterocycles. The maximum absolute atomic E-state index is 13.5. The Balaban J connectivity index is 1.62. The molecule has 0 spiro atoms. The Kier molecular flexibility index (Phi) is 6.81. The SMILES string of the molecule is COCCCNC(=O)c1c(NC(=O)c2cc3ccc(F)cc3nc2C)sc2c1CCCC2. The lowest BCUT2D eigenvalue weighted by molar-refractivity contribution is 0.0948. The number of rotatable bonds is 7.